The van der Waals surface area contributed by atoms with Gasteiger partial charge in [0.1, 0.15) is 12.1 Å². The molecule has 0 aromatic heterocycles. The van der Waals surface area contributed by atoms with Gasteiger partial charge in [-0.25, -0.2) is 4.79 Å². The Hall–Kier alpha value is -3.61. The summed E-state index contributed by atoms with van der Waals surface area (Å²) in [7, 11) is 0. The molecule has 0 spiro atoms. The smallest absolute Gasteiger partial charge is 0.408 e. The first-order valence-corrected chi connectivity index (χ1v) is 9.99. The summed E-state index contributed by atoms with van der Waals surface area (Å²) in [4.78, 5) is 36.0. The van der Waals surface area contributed by atoms with Crippen molar-refractivity contribution in [2.75, 3.05) is 11.9 Å². The maximum atomic E-state index is 12.2. The normalized spacial score (nSPS) is 11.1. The molecule has 7 heteroatoms. The lowest BCUT2D eigenvalue weighted by Crippen LogP contribution is -2.37. The molecule has 7 nitrogen and oxygen atoms in total. The van der Waals surface area contributed by atoms with E-state index in [0.717, 1.165) is 16.7 Å². The Kier molecular flexibility index (Phi) is 8.37. The number of carbonyl (C=O) groups excluding carboxylic acids is 3. The zero-order chi connectivity index (χ0) is 22.9. The highest BCUT2D eigenvalue weighted by Gasteiger charge is 2.16. The molecule has 0 atom stereocenters. The average Bonchev–Trinajstić information content (AvgIpc) is 2.69. The summed E-state index contributed by atoms with van der Waals surface area (Å²) in [5.41, 5.74) is 2.72. The van der Waals surface area contributed by atoms with Gasteiger partial charge in [-0.3, -0.25) is 9.59 Å². The summed E-state index contributed by atoms with van der Waals surface area (Å²) in [5, 5.41) is 7.96. The molecule has 2 aromatic carbocycles. The number of ether oxygens (including phenoxy) is 1. The first-order valence-electron chi connectivity index (χ1n) is 9.99. The Morgan fingerprint density at radius 2 is 1.74 bits per heavy atom. The zero-order valence-electron chi connectivity index (χ0n) is 18.3. The maximum Gasteiger partial charge on any atom is 0.408 e. The first kappa shape index (κ1) is 23.7. The third kappa shape index (κ3) is 9.16. The molecule has 0 radical (unpaired) electrons. The molecule has 3 amide bonds. The number of carbonyl (C=O) groups is 3. The molecule has 0 saturated carbocycles. The quantitative estimate of drug-likeness (QED) is 0.591. The van der Waals surface area contributed by atoms with Crippen molar-refractivity contribution < 1.29 is 19.1 Å². The van der Waals surface area contributed by atoms with E-state index in [9.17, 15) is 14.4 Å². The highest BCUT2D eigenvalue weighted by atomic mass is 16.6. The van der Waals surface area contributed by atoms with Crippen LogP contribution >= 0.6 is 0 Å². The van der Waals surface area contributed by atoms with Gasteiger partial charge in [0.25, 0.3) is 0 Å². The molecule has 0 aliphatic carbocycles. The number of nitrogens with one attached hydrogen (secondary N) is 3. The summed E-state index contributed by atoms with van der Waals surface area (Å²) in [6.45, 7) is 7.24. The van der Waals surface area contributed by atoms with E-state index in [0.29, 0.717) is 5.69 Å². The molecule has 2 rings (SSSR count). The van der Waals surface area contributed by atoms with Crippen LogP contribution in [0.4, 0.5) is 10.5 Å². The molecule has 2 aromatic rings. The van der Waals surface area contributed by atoms with E-state index in [1.54, 1.807) is 39.0 Å². The predicted molar refractivity (Wildman–Crippen MR) is 121 cm³/mol. The van der Waals surface area contributed by atoms with Gasteiger partial charge >= 0.3 is 6.09 Å². The van der Waals surface area contributed by atoms with Gasteiger partial charge in [0.2, 0.25) is 11.8 Å². The van der Waals surface area contributed by atoms with E-state index in [2.05, 4.69) is 16.0 Å². The number of aryl methyl sites for hydroxylation is 1. The lowest BCUT2D eigenvalue weighted by atomic mass is 10.1. The summed E-state index contributed by atoms with van der Waals surface area (Å²) in [6, 6.07) is 15.0. The van der Waals surface area contributed by atoms with Crippen molar-refractivity contribution in [1.29, 1.82) is 0 Å². The van der Waals surface area contributed by atoms with Crippen LogP contribution in [0.25, 0.3) is 6.08 Å². The third-order valence-corrected chi connectivity index (χ3v) is 4.01. The Morgan fingerprint density at radius 1 is 1.00 bits per heavy atom. The standard InChI is InChI=1S/C24H29N3O4/c1-17-8-7-9-18(14-17)12-13-21(28)25-15-19-10-5-6-11-20(19)27-22(29)16-26-23(30)31-24(2,3)4/h5-14H,15-16H2,1-4H3,(H,25,28)(H,26,30)(H,27,29)/b13-12+. The van der Waals surface area contributed by atoms with E-state index >= 15 is 0 Å². The van der Waals surface area contributed by atoms with Gasteiger partial charge in [0.05, 0.1) is 0 Å². The van der Waals surface area contributed by atoms with Crippen molar-refractivity contribution in [3.63, 3.8) is 0 Å². The lowest BCUT2D eigenvalue weighted by Gasteiger charge is -2.19. The molecule has 31 heavy (non-hydrogen) atoms. The van der Waals surface area contributed by atoms with Gasteiger partial charge in [0.15, 0.2) is 0 Å². The van der Waals surface area contributed by atoms with Crippen LogP contribution in [0.1, 0.15) is 37.5 Å². The van der Waals surface area contributed by atoms with Gasteiger partial charge in [-0.2, -0.15) is 0 Å². The van der Waals surface area contributed by atoms with Gasteiger partial charge < -0.3 is 20.7 Å². The van der Waals surface area contributed by atoms with Gasteiger partial charge in [0, 0.05) is 18.3 Å². The van der Waals surface area contributed by atoms with Crippen LogP contribution in [-0.2, 0) is 20.9 Å². The molecule has 164 valence electrons. The topological polar surface area (TPSA) is 96.5 Å². The van der Waals surface area contributed by atoms with Crippen LogP contribution in [0.2, 0.25) is 0 Å². The summed E-state index contributed by atoms with van der Waals surface area (Å²) >= 11 is 0. The van der Waals surface area contributed by atoms with Crippen molar-refractivity contribution in [1.82, 2.24) is 10.6 Å². The second-order valence-electron chi connectivity index (χ2n) is 8.03. The predicted octanol–water partition coefficient (Wildman–Crippen LogP) is 3.79. The van der Waals surface area contributed by atoms with Crippen molar-refractivity contribution in [2.24, 2.45) is 0 Å². The molecule has 0 bridgehead atoms. The van der Waals surface area contributed by atoms with Crippen LogP contribution in [0.3, 0.4) is 0 Å². The summed E-state index contributed by atoms with van der Waals surface area (Å²) < 4.78 is 5.10. The third-order valence-electron chi connectivity index (χ3n) is 4.01. The number of hydrogen-bond acceptors (Lipinski definition) is 4. The fourth-order valence-corrected chi connectivity index (χ4v) is 2.64. The number of para-hydroxylation sites is 1. The molecule has 0 heterocycles. The van der Waals surface area contributed by atoms with Crippen molar-refractivity contribution in [3.8, 4) is 0 Å². The fraction of sp³-hybridized carbons (Fsp3) is 0.292. The average molecular weight is 424 g/mol. The number of alkyl carbamates (subject to hydrolysis) is 1. The number of rotatable bonds is 7. The van der Waals surface area contributed by atoms with E-state index < -0.39 is 17.6 Å². The van der Waals surface area contributed by atoms with Crippen LogP contribution in [-0.4, -0.2) is 30.1 Å². The zero-order valence-corrected chi connectivity index (χ0v) is 18.3. The van der Waals surface area contributed by atoms with E-state index in [1.165, 1.54) is 6.08 Å². The van der Waals surface area contributed by atoms with E-state index in [1.807, 2.05) is 43.3 Å². The SMILES string of the molecule is Cc1cccc(/C=C/C(=O)NCc2ccccc2NC(=O)CNC(=O)OC(C)(C)C)c1. The highest BCUT2D eigenvalue weighted by molar-refractivity contribution is 5.95. The number of amides is 3. The molecular weight excluding hydrogens is 394 g/mol. The van der Waals surface area contributed by atoms with Gasteiger partial charge in [-0.15, -0.1) is 0 Å². The van der Waals surface area contributed by atoms with E-state index in [4.69, 9.17) is 4.74 Å². The van der Waals surface area contributed by atoms with Crippen molar-refractivity contribution in [3.05, 3.63) is 71.3 Å². The largest absolute Gasteiger partial charge is 0.444 e. The Labute approximate surface area is 182 Å². The highest BCUT2D eigenvalue weighted by Crippen LogP contribution is 2.15. The molecule has 0 fully saturated rings. The minimum atomic E-state index is -0.663. The van der Waals surface area contributed by atoms with Gasteiger partial charge in [-0.1, -0.05) is 48.0 Å². The Morgan fingerprint density at radius 3 is 2.45 bits per heavy atom. The molecule has 0 aliphatic rings. The number of benzene rings is 2. The Bertz CT molecular complexity index is 961. The van der Waals surface area contributed by atoms with Gasteiger partial charge in [-0.05, 0) is 51.0 Å². The number of hydrogen-bond donors (Lipinski definition) is 3. The van der Waals surface area contributed by atoms with E-state index in [-0.39, 0.29) is 19.0 Å². The molecule has 3 N–H and O–H groups in total. The van der Waals surface area contributed by atoms with Crippen LogP contribution in [0.5, 0.6) is 0 Å². The minimum absolute atomic E-state index is 0.227. The Balaban J connectivity index is 1.87. The summed E-state index contributed by atoms with van der Waals surface area (Å²) in [5.74, 6) is -0.641. The molecule has 0 unspecified atom stereocenters. The number of anilines is 1. The van der Waals surface area contributed by atoms with Crippen molar-refractivity contribution >= 4 is 29.7 Å². The minimum Gasteiger partial charge on any atom is -0.444 e. The van der Waals surface area contributed by atoms with Crippen LogP contribution < -0.4 is 16.0 Å². The summed E-state index contributed by atoms with van der Waals surface area (Å²) in [6.07, 6.45) is 2.56. The second kappa shape index (κ2) is 11.0. The fourth-order valence-electron chi connectivity index (χ4n) is 2.64. The molecule has 0 aliphatic heterocycles. The first-order chi connectivity index (χ1) is 14.6. The molecule has 0 saturated heterocycles. The molecular formula is C24H29N3O4. The second-order valence-corrected chi connectivity index (χ2v) is 8.03. The monoisotopic (exact) mass is 423 g/mol. The maximum absolute atomic E-state index is 12.2. The van der Waals surface area contributed by atoms with Crippen molar-refractivity contribution in [2.45, 2.75) is 39.8 Å². The lowest BCUT2D eigenvalue weighted by molar-refractivity contribution is -0.116. The van der Waals surface area contributed by atoms with Crippen LogP contribution in [0, 0.1) is 6.92 Å². The van der Waals surface area contributed by atoms with Crippen LogP contribution in [0.15, 0.2) is 54.6 Å².